The molecule has 422 valence electrons. The summed E-state index contributed by atoms with van der Waals surface area (Å²) in [6.45, 7) is 11.3. The molecule has 1 atom stereocenters. The average molecular weight is 1270 g/mol. The van der Waals surface area contributed by atoms with Gasteiger partial charge in [-0.1, -0.05) is 80.4 Å². The van der Waals surface area contributed by atoms with Crippen LogP contribution < -0.4 is 22.1 Å². The number of fused-ring (bicyclic) bond motifs is 3. The van der Waals surface area contributed by atoms with Crippen molar-refractivity contribution in [3.05, 3.63) is 194 Å². The minimum atomic E-state index is -0.864. The van der Waals surface area contributed by atoms with Crippen molar-refractivity contribution in [3.63, 3.8) is 0 Å². The van der Waals surface area contributed by atoms with Crippen molar-refractivity contribution in [2.24, 2.45) is 10.7 Å². The molecule has 2 aliphatic heterocycles. The van der Waals surface area contributed by atoms with Gasteiger partial charge in [0.1, 0.15) is 27.9 Å². The molecule has 7 heterocycles. The summed E-state index contributed by atoms with van der Waals surface area (Å²) in [6.07, 6.45) is 9.49. The van der Waals surface area contributed by atoms with E-state index in [4.69, 9.17) is 37.6 Å². The molecule has 1 unspecified atom stereocenters. The first-order valence-corrected chi connectivity index (χ1v) is 28.2. The Balaban J connectivity index is 0.000000150. The number of nitrogens with zero attached hydrogens (tertiary/aromatic N) is 7. The van der Waals surface area contributed by atoms with Crippen LogP contribution in [0.25, 0.3) is 37.5 Å². The third-order valence-corrected chi connectivity index (χ3v) is 13.6. The molecule has 1 saturated heterocycles. The number of aryl methyl sites for hydroxylation is 1. The summed E-state index contributed by atoms with van der Waals surface area (Å²) in [7, 11) is 0. The summed E-state index contributed by atoms with van der Waals surface area (Å²) in [4.78, 5) is 57.8. The monoisotopic (exact) mass is 1270 g/mol. The zero-order valence-electron chi connectivity index (χ0n) is 45.3. The van der Waals surface area contributed by atoms with E-state index in [1.807, 2.05) is 137 Å². The number of aromatic amines is 1. The number of benzene rings is 5. The molecule has 1 fully saturated rings. The predicted molar refractivity (Wildman–Crippen MR) is 336 cm³/mol. The lowest BCUT2D eigenvalue weighted by Crippen LogP contribution is -2.27. The SMILES string of the molecule is CC(=O)c1cc2ccc(Br)cc2[nH]1.CC(C)(C)OC(=O)n1ncc2cc(Nc3ccnc(Cl)n3)ccc21.Cc1nccc(Nc2ccc(C3=CCN=C3)cc2)n1.NC1CCOC1.Nc1ccccc1.O=C(O)c1cc2ccc(Br)cc2s1. The van der Waals surface area contributed by atoms with Crippen LogP contribution in [0.15, 0.2) is 172 Å². The lowest BCUT2D eigenvalue weighted by atomic mass is 10.1. The fraction of sp³-hybridized carbons (Fsp3) is 0.183. The van der Waals surface area contributed by atoms with Crippen molar-refractivity contribution in [1.82, 2.24) is 34.7 Å². The molecule has 2 aliphatic rings. The number of rotatable bonds is 7. The molecule has 12 rings (SSSR count). The normalized spacial score (nSPS) is 13.1. The Morgan fingerprint density at radius 3 is 2.11 bits per heavy atom. The van der Waals surface area contributed by atoms with Crippen LogP contribution in [0.3, 0.4) is 0 Å². The first-order valence-electron chi connectivity index (χ1n) is 25.4. The zero-order chi connectivity index (χ0) is 58.8. The second-order valence-electron chi connectivity index (χ2n) is 19.1. The molecule has 22 heteroatoms. The number of thiophene rings is 1. The molecule has 0 aliphatic carbocycles. The molecule has 18 nitrogen and oxygen atoms in total. The van der Waals surface area contributed by atoms with Gasteiger partial charge in [-0.2, -0.15) is 9.78 Å². The van der Waals surface area contributed by atoms with Crippen LogP contribution in [-0.2, 0) is 9.47 Å². The standard InChI is InChI=1S/C16H16ClN5O2.C15H14N4.C10H8BrNO.C9H5BrO2S.C6H7N.C4H9NO/c1-16(2,3)24-15(23)22-12-5-4-11(8-10(12)9-19-22)20-13-6-7-18-14(17)21-13;1-11-17-9-7-15(18-11)19-14-4-2-12(3-5-14)13-6-8-16-10-13;1-6(13)9-4-7-2-3-8(11)5-10(7)12-9;10-6-2-1-5-3-8(9(11)12)13-7(5)4-6;7-6-4-2-1-3-5-6;5-4-1-2-6-3-4/h4-9H,1-3H3,(H,18,20,21);2-7,9-10H,8H2,1H3,(H,17,18,19);2-5,12H,1H3;1-4H,(H,11,12);1-5H,7H2;4H,1-3,5H2. The molecule has 82 heavy (non-hydrogen) atoms. The number of ketones is 1. The number of hydrogen-bond donors (Lipinski definition) is 6. The number of nitrogens with two attached hydrogens (primary N) is 2. The van der Waals surface area contributed by atoms with E-state index >= 15 is 0 Å². The van der Waals surface area contributed by atoms with Gasteiger partial charge in [0.05, 0.1) is 30.6 Å². The van der Waals surface area contributed by atoms with E-state index in [-0.39, 0.29) is 11.1 Å². The number of H-pyrrole nitrogens is 1. The van der Waals surface area contributed by atoms with E-state index in [1.165, 1.54) is 27.2 Å². The highest BCUT2D eigenvalue weighted by molar-refractivity contribution is 9.10. The number of Topliss-reactive ketones (excluding diaryl/α,β-unsaturated/α-hetero) is 1. The van der Waals surface area contributed by atoms with Gasteiger partial charge in [-0.05, 0) is 153 Å². The first kappa shape index (κ1) is 61.4. The van der Waals surface area contributed by atoms with Crippen LogP contribution in [0.1, 0.15) is 65.7 Å². The number of aliphatic imine (C=N–C) groups is 1. The number of nitrogens with one attached hydrogen (secondary N) is 3. The topological polar surface area (TPSA) is 264 Å². The van der Waals surface area contributed by atoms with Gasteiger partial charge in [-0.15, -0.1) is 11.3 Å². The van der Waals surface area contributed by atoms with Crippen molar-refractivity contribution >= 4 is 145 Å². The number of halogens is 3. The highest BCUT2D eigenvalue weighted by Crippen LogP contribution is 2.29. The molecule has 5 aromatic carbocycles. The smallest absolute Gasteiger partial charge is 0.435 e. The van der Waals surface area contributed by atoms with Gasteiger partial charge in [0.25, 0.3) is 0 Å². The number of ether oxygens (including phenoxy) is 2. The maximum atomic E-state index is 12.2. The zero-order valence-corrected chi connectivity index (χ0v) is 50.1. The Kier molecular flexibility index (Phi) is 22.1. The van der Waals surface area contributed by atoms with E-state index < -0.39 is 17.7 Å². The molecule has 0 bridgehead atoms. The summed E-state index contributed by atoms with van der Waals surface area (Å²) >= 11 is 13.8. The van der Waals surface area contributed by atoms with Gasteiger partial charge in [-0.3, -0.25) is 9.79 Å². The lowest BCUT2D eigenvalue weighted by Gasteiger charge is -2.19. The molecule has 5 aromatic heterocycles. The predicted octanol–water partition coefficient (Wildman–Crippen LogP) is 14.5. The van der Waals surface area contributed by atoms with Crippen LogP contribution in [0.5, 0.6) is 0 Å². The summed E-state index contributed by atoms with van der Waals surface area (Å²) < 4.78 is 14.5. The first-order chi connectivity index (χ1) is 39.2. The van der Waals surface area contributed by atoms with Gasteiger partial charge >= 0.3 is 12.1 Å². The summed E-state index contributed by atoms with van der Waals surface area (Å²) in [5.41, 5.74) is 17.5. The number of allylic oxidation sites excluding steroid dienone is 1. The second-order valence-corrected chi connectivity index (χ2v) is 22.3. The number of para-hydroxylation sites is 1. The average Bonchev–Trinajstić information content (AvgIpc) is 4.42. The Bertz CT molecular complexity index is 3750. The molecule has 0 saturated carbocycles. The Morgan fingerprint density at radius 2 is 1.51 bits per heavy atom. The molecular formula is C60H59Br2ClN12O6S. The summed E-state index contributed by atoms with van der Waals surface area (Å²) in [5, 5.41) is 22.2. The number of hydrogen-bond acceptors (Lipinski definition) is 16. The molecule has 0 spiro atoms. The number of carboxylic acids is 1. The van der Waals surface area contributed by atoms with Gasteiger partial charge in [0.15, 0.2) is 5.78 Å². The molecule has 10 aromatic rings. The van der Waals surface area contributed by atoms with Gasteiger partial charge in [0.2, 0.25) is 5.28 Å². The van der Waals surface area contributed by atoms with Gasteiger partial charge < -0.3 is 41.7 Å². The van der Waals surface area contributed by atoms with Crippen LogP contribution in [0.4, 0.5) is 33.5 Å². The summed E-state index contributed by atoms with van der Waals surface area (Å²) in [5.74, 6) is 1.34. The quantitative estimate of drug-likeness (QED) is 0.0492. The van der Waals surface area contributed by atoms with Crippen LogP contribution in [0, 0.1) is 6.92 Å². The number of aromatic carboxylic acids is 1. The third kappa shape index (κ3) is 19.2. The summed E-state index contributed by atoms with van der Waals surface area (Å²) in [6, 6.07) is 42.3. The Morgan fingerprint density at radius 1 is 0.829 bits per heavy atom. The molecule has 8 N–H and O–H groups in total. The van der Waals surface area contributed by atoms with E-state index in [0.29, 0.717) is 27.9 Å². The molecular weight excluding hydrogens is 1210 g/mol. The minimum absolute atomic E-state index is 0.0623. The fourth-order valence-electron chi connectivity index (χ4n) is 7.49. The highest BCUT2D eigenvalue weighted by Gasteiger charge is 2.20. The van der Waals surface area contributed by atoms with Crippen LogP contribution >= 0.6 is 54.8 Å². The van der Waals surface area contributed by atoms with E-state index in [0.717, 1.165) is 90.2 Å². The largest absolute Gasteiger partial charge is 0.477 e. The maximum absolute atomic E-state index is 12.2. The minimum Gasteiger partial charge on any atom is -0.477 e. The van der Waals surface area contributed by atoms with Crippen molar-refractivity contribution in [3.8, 4) is 0 Å². The van der Waals surface area contributed by atoms with E-state index in [9.17, 15) is 14.4 Å². The molecule has 0 radical (unpaired) electrons. The van der Waals surface area contributed by atoms with E-state index in [2.05, 4.69) is 95.7 Å². The second kappa shape index (κ2) is 29.5. The highest BCUT2D eigenvalue weighted by atomic mass is 79.9. The number of aromatic nitrogens is 7. The number of carbonyl (C=O) groups excluding carboxylic acids is 2. The molecule has 0 amide bonds. The van der Waals surface area contributed by atoms with Gasteiger partial charge in [0, 0.05) is 85.2 Å². The van der Waals surface area contributed by atoms with Crippen molar-refractivity contribution in [2.45, 2.75) is 52.7 Å². The van der Waals surface area contributed by atoms with E-state index in [1.54, 1.807) is 43.7 Å². The van der Waals surface area contributed by atoms with Crippen molar-refractivity contribution < 1.29 is 29.0 Å². The van der Waals surface area contributed by atoms with Gasteiger partial charge in [-0.25, -0.2) is 29.5 Å². The number of carboxylic acid groups (broad SMARTS) is 1. The van der Waals surface area contributed by atoms with Crippen LogP contribution in [0.2, 0.25) is 5.28 Å². The number of carbonyl (C=O) groups is 3. The van der Waals surface area contributed by atoms with Crippen LogP contribution in [-0.4, -0.2) is 95.3 Å². The maximum Gasteiger partial charge on any atom is 0.435 e. The Hall–Kier alpha value is -8.18. The number of anilines is 5. The Labute approximate surface area is 499 Å². The number of nitrogen functional groups attached to an aromatic ring is 1. The third-order valence-electron chi connectivity index (χ3n) is 11.4. The van der Waals surface area contributed by atoms with Crippen molar-refractivity contribution in [2.75, 3.05) is 36.1 Å². The van der Waals surface area contributed by atoms with Crippen molar-refractivity contribution in [1.29, 1.82) is 0 Å². The lowest BCUT2D eigenvalue weighted by molar-refractivity contribution is 0.0522. The fourth-order valence-corrected chi connectivity index (χ4v) is 9.45.